The van der Waals surface area contributed by atoms with E-state index in [1.165, 1.54) is 0 Å². The number of rotatable bonds is 3. The summed E-state index contributed by atoms with van der Waals surface area (Å²) in [5, 5.41) is 8.55. The first kappa shape index (κ1) is 9.48. The molecule has 0 aromatic rings. The van der Waals surface area contributed by atoms with Gasteiger partial charge in [0.2, 0.25) is 0 Å². The molecule has 0 aromatic heterocycles. The van der Waals surface area contributed by atoms with Gasteiger partial charge in [-0.2, -0.15) is 0 Å². The molecule has 1 aliphatic carbocycles. The number of esters is 1. The number of carbonyl (C=O) groups is 1. The Bertz CT molecular complexity index is 154. The van der Waals surface area contributed by atoms with Crippen molar-refractivity contribution in [3.63, 3.8) is 0 Å². The minimum absolute atomic E-state index is 0.0371. The molecule has 0 heterocycles. The van der Waals surface area contributed by atoms with E-state index >= 15 is 0 Å². The van der Waals surface area contributed by atoms with Crippen molar-refractivity contribution in [1.29, 1.82) is 0 Å². The van der Waals surface area contributed by atoms with E-state index < -0.39 is 12.0 Å². The molecule has 0 amide bonds. The lowest BCUT2D eigenvalue weighted by Crippen LogP contribution is -2.37. The minimum Gasteiger partial charge on any atom is -0.461 e. The van der Waals surface area contributed by atoms with Crippen molar-refractivity contribution < 1.29 is 14.6 Å². The Kier molecular flexibility index (Phi) is 3.49. The zero-order valence-corrected chi connectivity index (χ0v) is 7.03. The zero-order chi connectivity index (χ0) is 8.97. The lowest BCUT2D eigenvalue weighted by Gasteiger charge is -2.13. The van der Waals surface area contributed by atoms with E-state index in [0.29, 0.717) is 0 Å². The summed E-state index contributed by atoms with van der Waals surface area (Å²) in [5.41, 5.74) is 5.27. The quantitative estimate of drug-likeness (QED) is 0.579. The maximum Gasteiger partial charge on any atom is 0.325 e. The molecule has 0 spiro atoms. The average molecular weight is 173 g/mol. The molecule has 1 saturated carbocycles. The van der Waals surface area contributed by atoms with Crippen LogP contribution in [0.3, 0.4) is 0 Å². The van der Waals surface area contributed by atoms with Gasteiger partial charge in [0.25, 0.3) is 0 Å². The van der Waals surface area contributed by atoms with Gasteiger partial charge in [0.15, 0.2) is 0 Å². The van der Waals surface area contributed by atoms with Gasteiger partial charge in [0.05, 0.1) is 6.61 Å². The van der Waals surface area contributed by atoms with Crippen molar-refractivity contribution in [3.8, 4) is 0 Å². The van der Waals surface area contributed by atoms with Crippen LogP contribution in [-0.2, 0) is 9.53 Å². The second kappa shape index (κ2) is 4.42. The summed E-state index contributed by atoms with van der Waals surface area (Å²) in [6, 6.07) is -0.870. The largest absolute Gasteiger partial charge is 0.461 e. The number of aliphatic hydroxyl groups is 1. The maximum absolute atomic E-state index is 11.0. The third-order valence-corrected chi connectivity index (χ3v) is 2.08. The molecule has 1 aliphatic rings. The van der Waals surface area contributed by atoms with Crippen LogP contribution in [0.2, 0.25) is 0 Å². The Morgan fingerprint density at radius 2 is 2.17 bits per heavy atom. The second-order valence-corrected chi connectivity index (χ2v) is 3.13. The summed E-state index contributed by atoms with van der Waals surface area (Å²) in [4.78, 5) is 11.0. The van der Waals surface area contributed by atoms with Crippen molar-refractivity contribution in [2.24, 2.45) is 5.73 Å². The highest BCUT2D eigenvalue weighted by Gasteiger charge is 2.22. The summed E-state index contributed by atoms with van der Waals surface area (Å²) in [7, 11) is 0. The second-order valence-electron chi connectivity index (χ2n) is 3.13. The molecule has 1 atom stereocenters. The number of hydrogen-bond acceptors (Lipinski definition) is 4. The molecular weight excluding hydrogens is 158 g/mol. The molecule has 0 saturated heterocycles. The molecular formula is C8H15NO3. The van der Waals surface area contributed by atoms with Crippen LogP contribution in [0.1, 0.15) is 25.7 Å². The average Bonchev–Trinajstić information content (AvgIpc) is 2.55. The SMILES string of the molecule is NC(CO)C(=O)OC1CCCC1. The van der Waals surface area contributed by atoms with Crippen molar-refractivity contribution in [1.82, 2.24) is 0 Å². The van der Waals surface area contributed by atoms with E-state index in [0.717, 1.165) is 25.7 Å². The number of carbonyl (C=O) groups excluding carboxylic acids is 1. The van der Waals surface area contributed by atoms with Gasteiger partial charge < -0.3 is 15.6 Å². The van der Waals surface area contributed by atoms with Crippen LogP contribution in [-0.4, -0.2) is 29.8 Å². The molecule has 4 nitrogen and oxygen atoms in total. The highest BCUT2D eigenvalue weighted by molar-refractivity contribution is 5.75. The molecule has 0 aromatic carbocycles. The molecule has 70 valence electrons. The summed E-state index contributed by atoms with van der Waals surface area (Å²) in [6.07, 6.45) is 4.14. The van der Waals surface area contributed by atoms with Gasteiger partial charge in [-0.15, -0.1) is 0 Å². The molecule has 1 rings (SSSR count). The Hall–Kier alpha value is -0.610. The van der Waals surface area contributed by atoms with Crippen molar-refractivity contribution in [3.05, 3.63) is 0 Å². The Morgan fingerprint density at radius 3 is 2.67 bits per heavy atom. The fourth-order valence-electron chi connectivity index (χ4n) is 1.33. The Labute approximate surface area is 71.7 Å². The van der Waals surface area contributed by atoms with Crippen LogP contribution in [0, 0.1) is 0 Å². The van der Waals surface area contributed by atoms with E-state index in [1.807, 2.05) is 0 Å². The third kappa shape index (κ3) is 2.46. The van der Waals surface area contributed by atoms with E-state index in [4.69, 9.17) is 15.6 Å². The van der Waals surface area contributed by atoms with Gasteiger partial charge in [-0.05, 0) is 25.7 Å². The van der Waals surface area contributed by atoms with Gasteiger partial charge in [-0.25, -0.2) is 0 Å². The van der Waals surface area contributed by atoms with E-state index in [9.17, 15) is 4.79 Å². The molecule has 3 N–H and O–H groups in total. The molecule has 0 aliphatic heterocycles. The third-order valence-electron chi connectivity index (χ3n) is 2.08. The predicted octanol–water partition coefficient (Wildman–Crippen LogP) is -0.208. The molecule has 1 unspecified atom stereocenters. The smallest absolute Gasteiger partial charge is 0.325 e. The fraction of sp³-hybridized carbons (Fsp3) is 0.875. The Morgan fingerprint density at radius 1 is 1.58 bits per heavy atom. The molecule has 0 radical (unpaired) electrons. The number of hydrogen-bond donors (Lipinski definition) is 2. The minimum atomic E-state index is -0.870. The van der Waals surface area contributed by atoms with Crippen LogP contribution < -0.4 is 5.73 Å². The summed E-state index contributed by atoms with van der Waals surface area (Å²) in [5.74, 6) is -0.482. The molecule has 0 bridgehead atoms. The van der Waals surface area contributed by atoms with Crippen LogP contribution in [0.25, 0.3) is 0 Å². The summed E-state index contributed by atoms with van der Waals surface area (Å²) in [6.45, 7) is -0.342. The van der Waals surface area contributed by atoms with Crippen LogP contribution in [0.15, 0.2) is 0 Å². The van der Waals surface area contributed by atoms with Gasteiger partial charge in [0, 0.05) is 0 Å². The maximum atomic E-state index is 11.0. The van der Waals surface area contributed by atoms with E-state index in [-0.39, 0.29) is 12.7 Å². The first-order valence-corrected chi connectivity index (χ1v) is 4.31. The number of aliphatic hydroxyl groups excluding tert-OH is 1. The normalized spacial score (nSPS) is 20.8. The standard InChI is InChI=1S/C8H15NO3/c9-7(5-10)8(11)12-6-3-1-2-4-6/h6-7,10H,1-5,9H2. The van der Waals surface area contributed by atoms with Gasteiger partial charge >= 0.3 is 5.97 Å². The van der Waals surface area contributed by atoms with Crippen LogP contribution in [0.5, 0.6) is 0 Å². The molecule has 4 heteroatoms. The van der Waals surface area contributed by atoms with E-state index in [1.54, 1.807) is 0 Å². The van der Waals surface area contributed by atoms with E-state index in [2.05, 4.69) is 0 Å². The number of ether oxygens (including phenoxy) is 1. The predicted molar refractivity (Wildman–Crippen MR) is 43.4 cm³/mol. The summed E-state index contributed by atoms with van der Waals surface area (Å²) < 4.78 is 5.04. The zero-order valence-electron chi connectivity index (χ0n) is 7.03. The monoisotopic (exact) mass is 173 g/mol. The molecule has 1 fully saturated rings. The van der Waals surface area contributed by atoms with Gasteiger partial charge in [-0.3, -0.25) is 4.79 Å². The lowest BCUT2D eigenvalue weighted by atomic mass is 10.3. The van der Waals surface area contributed by atoms with Crippen molar-refractivity contribution in [2.45, 2.75) is 37.8 Å². The first-order valence-electron chi connectivity index (χ1n) is 4.31. The highest BCUT2D eigenvalue weighted by atomic mass is 16.5. The van der Waals surface area contributed by atoms with Gasteiger partial charge in [-0.1, -0.05) is 0 Å². The first-order chi connectivity index (χ1) is 5.74. The van der Waals surface area contributed by atoms with Crippen molar-refractivity contribution >= 4 is 5.97 Å². The summed E-state index contributed by atoms with van der Waals surface area (Å²) >= 11 is 0. The number of nitrogens with two attached hydrogens (primary N) is 1. The topological polar surface area (TPSA) is 72.5 Å². The van der Waals surface area contributed by atoms with Crippen molar-refractivity contribution in [2.75, 3.05) is 6.61 Å². The van der Waals surface area contributed by atoms with Crippen LogP contribution >= 0.6 is 0 Å². The highest BCUT2D eigenvalue weighted by Crippen LogP contribution is 2.21. The fourth-order valence-corrected chi connectivity index (χ4v) is 1.33. The Balaban J connectivity index is 2.25. The van der Waals surface area contributed by atoms with Gasteiger partial charge in [0.1, 0.15) is 12.1 Å². The van der Waals surface area contributed by atoms with Crippen LogP contribution in [0.4, 0.5) is 0 Å². The molecule has 12 heavy (non-hydrogen) atoms. The lowest BCUT2D eigenvalue weighted by molar-refractivity contribution is -0.151.